The molecule has 1 rings (SSSR count). The molecule has 16 heavy (non-hydrogen) atoms. The fourth-order valence-corrected chi connectivity index (χ4v) is 4.47. The molecule has 1 heteroatoms. The van der Waals surface area contributed by atoms with Crippen LogP contribution < -0.4 is 5.19 Å². The van der Waals surface area contributed by atoms with Crippen LogP contribution in [-0.2, 0) is 0 Å². The molecule has 0 aromatic heterocycles. The molecule has 0 saturated carbocycles. The van der Waals surface area contributed by atoms with Gasteiger partial charge in [0, 0.05) is 0 Å². The Morgan fingerprint density at radius 2 is 1.69 bits per heavy atom. The van der Waals surface area contributed by atoms with E-state index in [-0.39, 0.29) is 5.04 Å². The largest absolute Gasteiger partial charge is 0.103 e. The van der Waals surface area contributed by atoms with Gasteiger partial charge < -0.3 is 0 Å². The zero-order valence-corrected chi connectivity index (χ0v) is 11.9. The molecule has 0 saturated heterocycles. The average Bonchev–Trinajstić information content (AvgIpc) is 2.28. The first-order valence-corrected chi connectivity index (χ1v) is 8.72. The summed E-state index contributed by atoms with van der Waals surface area (Å²) in [4.78, 5) is 0. The maximum absolute atomic E-state index is 3.99. The van der Waals surface area contributed by atoms with E-state index in [1.54, 1.807) is 0 Å². The summed E-state index contributed by atoms with van der Waals surface area (Å²) >= 11 is 0. The Balaban J connectivity index is 3.37. The Bertz CT molecular complexity index is 400. The van der Waals surface area contributed by atoms with E-state index in [0.717, 1.165) is 0 Å². The maximum atomic E-state index is 3.99. The van der Waals surface area contributed by atoms with Crippen LogP contribution in [0.5, 0.6) is 0 Å². The lowest BCUT2D eigenvalue weighted by Crippen LogP contribution is -2.50. The highest BCUT2D eigenvalue weighted by atomic mass is 28.3. The summed E-state index contributed by atoms with van der Waals surface area (Å²) in [6.45, 7) is 17.3. The van der Waals surface area contributed by atoms with Crippen LogP contribution in [0.1, 0.15) is 19.4 Å². The molecular formula is C15H22Si. The third kappa shape index (κ3) is 2.05. The summed E-state index contributed by atoms with van der Waals surface area (Å²) in [5.41, 5.74) is 1.27. The molecule has 0 unspecified atom stereocenters. The summed E-state index contributed by atoms with van der Waals surface area (Å²) in [6, 6.07) is 8.59. The molecular weight excluding hydrogens is 208 g/mol. The van der Waals surface area contributed by atoms with Gasteiger partial charge in [-0.05, 0) is 10.6 Å². The van der Waals surface area contributed by atoms with E-state index in [4.69, 9.17) is 0 Å². The molecule has 0 spiro atoms. The topological polar surface area (TPSA) is 0 Å². The number of allylic oxidation sites excluding steroid dienone is 1. The predicted molar refractivity (Wildman–Crippen MR) is 77.9 cm³/mol. The summed E-state index contributed by atoms with van der Waals surface area (Å²) in [7, 11) is -1.56. The quantitative estimate of drug-likeness (QED) is 0.537. The van der Waals surface area contributed by atoms with Crippen LogP contribution in [0.2, 0.25) is 18.1 Å². The second-order valence-corrected chi connectivity index (χ2v) is 10.4. The molecule has 0 fully saturated rings. The third-order valence-corrected chi connectivity index (χ3v) is 9.20. The van der Waals surface area contributed by atoms with Crippen LogP contribution in [0, 0.1) is 0 Å². The van der Waals surface area contributed by atoms with Crippen LogP contribution in [0.4, 0.5) is 0 Å². The molecule has 1 aromatic carbocycles. The fourth-order valence-electron chi connectivity index (χ4n) is 1.85. The van der Waals surface area contributed by atoms with E-state index in [9.17, 15) is 0 Å². The van der Waals surface area contributed by atoms with Crippen molar-refractivity contribution in [3.8, 4) is 0 Å². The Morgan fingerprint density at radius 3 is 2.19 bits per heavy atom. The highest BCUT2D eigenvalue weighted by molar-refractivity contribution is 6.93. The lowest BCUT2D eigenvalue weighted by atomic mass is 10.2. The highest BCUT2D eigenvalue weighted by Crippen LogP contribution is 2.38. The van der Waals surface area contributed by atoms with E-state index in [2.05, 4.69) is 70.4 Å². The van der Waals surface area contributed by atoms with Gasteiger partial charge in [0.05, 0.1) is 8.07 Å². The van der Waals surface area contributed by atoms with Crippen LogP contribution >= 0.6 is 0 Å². The van der Waals surface area contributed by atoms with Gasteiger partial charge in [0.2, 0.25) is 0 Å². The zero-order chi connectivity index (χ0) is 12.4. The highest BCUT2D eigenvalue weighted by Gasteiger charge is 2.39. The zero-order valence-electron chi connectivity index (χ0n) is 10.9. The molecule has 0 aliphatic rings. The second kappa shape index (κ2) is 4.42. The van der Waals surface area contributed by atoms with Gasteiger partial charge in [0.25, 0.3) is 0 Å². The lowest BCUT2D eigenvalue weighted by molar-refractivity contribution is 0.820. The molecule has 0 amide bonds. The molecule has 0 aliphatic heterocycles. The van der Waals surface area contributed by atoms with E-state index >= 15 is 0 Å². The number of rotatable bonds is 4. The van der Waals surface area contributed by atoms with Crippen molar-refractivity contribution >= 4 is 19.3 Å². The Labute approximate surface area is 101 Å². The maximum Gasteiger partial charge on any atom is 0.0906 e. The first kappa shape index (κ1) is 13.0. The molecule has 86 valence electrons. The van der Waals surface area contributed by atoms with E-state index < -0.39 is 8.07 Å². The Kier molecular flexibility index (Phi) is 3.59. The Morgan fingerprint density at radius 1 is 1.12 bits per heavy atom. The molecule has 0 aliphatic carbocycles. The Hall–Kier alpha value is -1.08. The van der Waals surface area contributed by atoms with E-state index in [0.29, 0.717) is 0 Å². The van der Waals surface area contributed by atoms with Gasteiger partial charge in [-0.15, -0.1) is 6.58 Å². The summed E-state index contributed by atoms with van der Waals surface area (Å²) in [5, 5.41) is 1.65. The molecule has 0 heterocycles. The predicted octanol–water partition coefficient (Wildman–Crippen LogP) is 4.21. The van der Waals surface area contributed by atoms with Crippen molar-refractivity contribution in [1.82, 2.24) is 0 Å². The van der Waals surface area contributed by atoms with Gasteiger partial charge in [-0.1, -0.05) is 75.1 Å². The molecule has 0 radical (unpaired) electrons. The van der Waals surface area contributed by atoms with E-state index in [1.165, 1.54) is 10.8 Å². The average molecular weight is 230 g/mol. The summed E-state index contributed by atoms with van der Waals surface area (Å²) < 4.78 is 0. The van der Waals surface area contributed by atoms with Crippen molar-refractivity contribution in [3.63, 3.8) is 0 Å². The van der Waals surface area contributed by atoms with Crippen molar-refractivity contribution in [2.75, 3.05) is 0 Å². The molecule has 0 atom stereocenters. The number of benzene rings is 1. The molecule has 0 bridgehead atoms. The number of hydrogen-bond donors (Lipinski definition) is 0. The second-order valence-electron chi connectivity index (χ2n) is 5.34. The summed E-state index contributed by atoms with van der Waals surface area (Å²) in [6.07, 6.45) is 4.06. The summed E-state index contributed by atoms with van der Waals surface area (Å²) in [5.74, 6) is 0. The van der Waals surface area contributed by atoms with Crippen molar-refractivity contribution in [3.05, 3.63) is 49.1 Å². The van der Waals surface area contributed by atoms with Crippen LogP contribution in [0.3, 0.4) is 0 Å². The van der Waals surface area contributed by atoms with Gasteiger partial charge in [0.15, 0.2) is 0 Å². The van der Waals surface area contributed by atoms with Gasteiger partial charge in [-0.3, -0.25) is 0 Å². The normalized spacial score (nSPS) is 12.2. The minimum Gasteiger partial charge on any atom is -0.103 e. The lowest BCUT2D eigenvalue weighted by Gasteiger charge is -2.39. The van der Waals surface area contributed by atoms with Crippen molar-refractivity contribution in [2.24, 2.45) is 0 Å². The first-order valence-electron chi connectivity index (χ1n) is 5.72. The van der Waals surface area contributed by atoms with Gasteiger partial charge in [-0.25, -0.2) is 0 Å². The minimum absolute atomic E-state index is 0.187. The van der Waals surface area contributed by atoms with Crippen molar-refractivity contribution < 1.29 is 0 Å². The fraction of sp³-hybridized carbons (Fsp3) is 0.333. The van der Waals surface area contributed by atoms with E-state index in [1.807, 2.05) is 6.08 Å². The van der Waals surface area contributed by atoms with Gasteiger partial charge in [-0.2, -0.15) is 0 Å². The standard InChI is InChI=1S/C15H22Si/c1-7-13-11-9-10-12-14(13)16(5,6)15(3,4)8-2/h7-12H,1-2H2,3-6H3. The van der Waals surface area contributed by atoms with Crippen molar-refractivity contribution in [2.45, 2.75) is 32.0 Å². The van der Waals surface area contributed by atoms with Crippen LogP contribution in [0.25, 0.3) is 6.08 Å². The van der Waals surface area contributed by atoms with Crippen LogP contribution in [0.15, 0.2) is 43.5 Å². The monoisotopic (exact) mass is 230 g/mol. The smallest absolute Gasteiger partial charge is 0.0906 e. The number of hydrogen-bond acceptors (Lipinski definition) is 0. The molecule has 0 N–H and O–H groups in total. The third-order valence-electron chi connectivity index (χ3n) is 3.98. The first-order chi connectivity index (χ1) is 7.36. The molecule has 1 aromatic rings. The van der Waals surface area contributed by atoms with Gasteiger partial charge >= 0.3 is 0 Å². The minimum atomic E-state index is -1.56. The molecule has 0 nitrogen and oxygen atoms in total. The SMILES string of the molecule is C=Cc1ccccc1[Si](C)(C)C(C)(C)C=C. The van der Waals surface area contributed by atoms with Crippen LogP contribution in [-0.4, -0.2) is 8.07 Å². The van der Waals surface area contributed by atoms with Gasteiger partial charge in [0.1, 0.15) is 0 Å². The van der Waals surface area contributed by atoms with Crippen molar-refractivity contribution in [1.29, 1.82) is 0 Å².